The zero-order chi connectivity index (χ0) is 20.5. The summed E-state index contributed by atoms with van der Waals surface area (Å²) in [5.74, 6) is -0.407. The van der Waals surface area contributed by atoms with Gasteiger partial charge in [-0.15, -0.1) is 0 Å². The maximum Gasteiger partial charge on any atom is 0.302 e. The largest absolute Gasteiger partial charge is 0.466 e. The normalized spacial score (nSPS) is 16.1. The highest BCUT2D eigenvalue weighted by molar-refractivity contribution is 6.05. The molecule has 0 saturated heterocycles. The number of benzene rings is 1. The van der Waals surface area contributed by atoms with Gasteiger partial charge in [0.15, 0.2) is 0 Å². The second kappa shape index (κ2) is 7.71. The molecule has 0 aliphatic carbocycles. The summed E-state index contributed by atoms with van der Waals surface area (Å²) in [4.78, 5) is 37.7. The number of aryl methyl sites for hydroxylation is 2. The summed E-state index contributed by atoms with van der Waals surface area (Å²) in [6.07, 6.45) is 0.632. The predicted molar refractivity (Wildman–Crippen MR) is 106 cm³/mol. The fourth-order valence-electron chi connectivity index (χ4n) is 3.51. The number of anilines is 2. The highest BCUT2D eigenvalue weighted by atomic mass is 16.5. The van der Waals surface area contributed by atoms with E-state index in [1.807, 2.05) is 40.7 Å². The van der Waals surface area contributed by atoms with Gasteiger partial charge in [0.2, 0.25) is 11.8 Å². The third kappa shape index (κ3) is 4.49. The molecule has 2 rings (SSSR count). The molecule has 148 valence electrons. The quantitative estimate of drug-likeness (QED) is 0.816. The molecule has 1 N–H and O–H groups in total. The Labute approximate surface area is 161 Å². The first-order valence-electron chi connectivity index (χ1n) is 9.30. The highest BCUT2D eigenvalue weighted by Crippen LogP contribution is 2.46. The van der Waals surface area contributed by atoms with Crippen LogP contribution in [-0.2, 0) is 19.1 Å². The molecule has 0 saturated carbocycles. The molecule has 0 aromatic heterocycles. The number of carbonyl (C=O) groups is 3. The molecule has 2 amide bonds. The average Bonchev–Trinajstić information content (AvgIpc) is 2.90. The second-order valence-corrected chi connectivity index (χ2v) is 8.31. The van der Waals surface area contributed by atoms with Crippen molar-refractivity contribution < 1.29 is 19.1 Å². The summed E-state index contributed by atoms with van der Waals surface area (Å²) >= 11 is 0. The van der Waals surface area contributed by atoms with E-state index in [2.05, 4.69) is 5.32 Å². The van der Waals surface area contributed by atoms with E-state index in [1.165, 1.54) is 13.8 Å². The topological polar surface area (TPSA) is 75.7 Å². The van der Waals surface area contributed by atoms with Crippen LogP contribution in [0.2, 0.25) is 0 Å². The maximum atomic E-state index is 12.6. The summed E-state index contributed by atoms with van der Waals surface area (Å²) in [5, 5.41) is 3.04. The molecule has 1 atom stereocenters. The number of carbonyl (C=O) groups excluding carboxylic acids is 3. The molecule has 1 aliphatic rings. The smallest absolute Gasteiger partial charge is 0.302 e. The zero-order valence-electron chi connectivity index (χ0n) is 17.4. The first-order chi connectivity index (χ1) is 12.4. The van der Waals surface area contributed by atoms with Gasteiger partial charge in [-0.1, -0.05) is 26.8 Å². The molecule has 1 heterocycles. The van der Waals surface area contributed by atoms with Gasteiger partial charge < -0.3 is 15.0 Å². The second-order valence-electron chi connectivity index (χ2n) is 8.31. The number of ether oxygens (including phenoxy) is 1. The Kier molecular flexibility index (Phi) is 5.97. The molecule has 1 unspecified atom stereocenters. The lowest BCUT2D eigenvalue weighted by molar-refractivity contribution is -0.141. The Morgan fingerprint density at radius 1 is 1.19 bits per heavy atom. The van der Waals surface area contributed by atoms with Gasteiger partial charge >= 0.3 is 5.97 Å². The molecule has 27 heavy (non-hydrogen) atoms. The Bertz CT molecular complexity index is 777. The fourth-order valence-corrected chi connectivity index (χ4v) is 3.51. The molecule has 1 aromatic rings. The van der Waals surface area contributed by atoms with E-state index >= 15 is 0 Å². The summed E-state index contributed by atoms with van der Waals surface area (Å²) in [7, 11) is 0. The van der Waals surface area contributed by atoms with Gasteiger partial charge in [0.25, 0.3) is 0 Å². The minimum absolute atomic E-state index is 0.0640. The first-order valence-corrected chi connectivity index (χ1v) is 9.30. The summed E-state index contributed by atoms with van der Waals surface area (Å²) in [6.45, 7) is 13.3. The molecule has 1 aromatic carbocycles. The molecular formula is C21H30N2O4. The lowest BCUT2D eigenvalue weighted by Gasteiger charge is -2.24. The number of amides is 2. The van der Waals surface area contributed by atoms with Gasteiger partial charge in [0, 0.05) is 31.7 Å². The van der Waals surface area contributed by atoms with E-state index in [9.17, 15) is 14.4 Å². The third-order valence-electron chi connectivity index (χ3n) is 4.90. The lowest BCUT2D eigenvalue weighted by atomic mass is 9.91. The van der Waals surface area contributed by atoms with E-state index in [0.717, 1.165) is 22.4 Å². The van der Waals surface area contributed by atoms with Gasteiger partial charge in [-0.05, 0) is 37.0 Å². The van der Waals surface area contributed by atoms with Gasteiger partial charge in [0.05, 0.1) is 18.0 Å². The number of hydrogen-bond acceptors (Lipinski definition) is 4. The molecule has 0 bridgehead atoms. The summed E-state index contributed by atoms with van der Waals surface area (Å²) < 4.78 is 5.11. The number of nitrogens with one attached hydrogen (secondary N) is 1. The van der Waals surface area contributed by atoms with E-state index < -0.39 is 5.41 Å². The van der Waals surface area contributed by atoms with Crippen LogP contribution >= 0.6 is 0 Å². The van der Waals surface area contributed by atoms with Crippen LogP contribution in [0.15, 0.2) is 6.07 Å². The van der Waals surface area contributed by atoms with Crippen LogP contribution in [0, 0.1) is 19.3 Å². The standard InChI is InChI=1S/C21H30N2O4/c1-12-10-13(2)18(22-20(26)21(5,6)7)19-17(12)16(8-9-27-15(4)25)11-23(19)14(3)24/h10,16H,8-9,11H2,1-7H3,(H,22,26). The van der Waals surface area contributed by atoms with Crippen LogP contribution in [0.5, 0.6) is 0 Å². The third-order valence-corrected chi connectivity index (χ3v) is 4.90. The van der Waals surface area contributed by atoms with Crippen LogP contribution < -0.4 is 10.2 Å². The zero-order valence-corrected chi connectivity index (χ0v) is 17.4. The van der Waals surface area contributed by atoms with Crippen molar-refractivity contribution >= 4 is 29.2 Å². The molecule has 1 aliphatic heterocycles. The average molecular weight is 374 g/mol. The van der Waals surface area contributed by atoms with Crippen molar-refractivity contribution in [3.05, 3.63) is 22.8 Å². The number of hydrogen-bond donors (Lipinski definition) is 1. The Morgan fingerprint density at radius 3 is 2.33 bits per heavy atom. The van der Waals surface area contributed by atoms with Crippen LogP contribution in [-0.4, -0.2) is 30.9 Å². The highest BCUT2D eigenvalue weighted by Gasteiger charge is 2.36. The van der Waals surface area contributed by atoms with Crippen LogP contribution in [0.3, 0.4) is 0 Å². The minimum Gasteiger partial charge on any atom is -0.466 e. The van der Waals surface area contributed by atoms with Crippen molar-refractivity contribution in [2.24, 2.45) is 5.41 Å². The number of esters is 1. The predicted octanol–water partition coefficient (Wildman–Crippen LogP) is 3.69. The molecule has 6 nitrogen and oxygen atoms in total. The monoisotopic (exact) mass is 374 g/mol. The van der Waals surface area contributed by atoms with Gasteiger partial charge in [-0.2, -0.15) is 0 Å². The summed E-state index contributed by atoms with van der Waals surface area (Å²) in [5.41, 5.74) is 3.99. The maximum absolute atomic E-state index is 12.6. The van der Waals surface area contributed by atoms with E-state index in [1.54, 1.807) is 4.90 Å². The molecule has 0 spiro atoms. The van der Waals surface area contributed by atoms with E-state index in [4.69, 9.17) is 4.74 Å². The van der Waals surface area contributed by atoms with Crippen molar-refractivity contribution in [3.63, 3.8) is 0 Å². The van der Waals surface area contributed by atoms with E-state index in [-0.39, 0.29) is 23.7 Å². The van der Waals surface area contributed by atoms with E-state index in [0.29, 0.717) is 25.3 Å². The number of nitrogens with zero attached hydrogens (tertiary/aromatic N) is 1. The van der Waals surface area contributed by atoms with Crippen molar-refractivity contribution in [2.75, 3.05) is 23.4 Å². The van der Waals surface area contributed by atoms with Crippen LogP contribution in [0.1, 0.15) is 63.6 Å². The SMILES string of the molecule is CC(=O)OCCC1CN(C(C)=O)c2c(NC(=O)C(C)(C)C)c(C)cc(C)c21. The lowest BCUT2D eigenvalue weighted by Crippen LogP contribution is -2.31. The van der Waals surface area contributed by atoms with Crippen molar-refractivity contribution in [1.82, 2.24) is 0 Å². The number of fused-ring (bicyclic) bond motifs is 1. The molecular weight excluding hydrogens is 344 g/mol. The first kappa shape index (κ1) is 20.9. The molecule has 0 fully saturated rings. The molecule has 0 radical (unpaired) electrons. The molecule has 6 heteroatoms. The Balaban J connectivity index is 2.49. The van der Waals surface area contributed by atoms with Crippen LogP contribution in [0.4, 0.5) is 11.4 Å². The minimum atomic E-state index is -0.543. The van der Waals surface area contributed by atoms with Crippen molar-refractivity contribution in [3.8, 4) is 0 Å². The van der Waals surface area contributed by atoms with Gasteiger partial charge in [-0.25, -0.2) is 0 Å². The van der Waals surface area contributed by atoms with Gasteiger partial charge in [-0.3, -0.25) is 14.4 Å². The van der Waals surface area contributed by atoms with Crippen molar-refractivity contribution in [2.45, 2.75) is 60.8 Å². The Hall–Kier alpha value is -2.37. The summed E-state index contributed by atoms with van der Waals surface area (Å²) in [6, 6.07) is 2.04. The van der Waals surface area contributed by atoms with Gasteiger partial charge in [0.1, 0.15) is 0 Å². The fraction of sp³-hybridized carbons (Fsp3) is 0.571. The van der Waals surface area contributed by atoms with Crippen LogP contribution in [0.25, 0.3) is 0 Å². The van der Waals surface area contributed by atoms with Crippen molar-refractivity contribution in [1.29, 1.82) is 0 Å². The number of rotatable bonds is 4. The Morgan fingerprint density at radius 2 is 1.81 bits per heavy atom.